The van der Waals surface area contributed by atoms with Crippen LogP contribution in [0.15, 0.2) is 40.2 Å². The van der Waals surface area contributed by atoms with Gasteiger partial charge < -0.3 is 10.2 Å². The number of hydrogen-bond donors (Lipinski definition) is 1. The van der Waals surface area contributed by atoms with Crippen LogP contribution in [-0.2, 0) is 0 Å². The average molecular weight is 258 g/mol. The summed E-state index contributed by atoms with van der Waals surface area (Å²) in [5.74, 6) is -0.110. The van der Waals surface area contributed by atoms with Crippen molar-refractivity contribution >= 4 is 23.1 Å². The molecule has 0 saturated carbocycles. The third-order valence-corrected chi connectivity index (χ3v) is 2.77. The topological polar surface area (TPSA) is 69.3 Å². The zero-order chi connectivity index (χ0) is 13.4. The van der Waals surface area contributed by atoms with E-state index in [1.807, 2.05) is 0 Å². The van der Waals surface area contributed by atoms with Gasteiger partial charge in [-0.05, 0) is 25.1 Å². The molecule has 0 bridgehead atoms. The molecule has 3 aromatic rings. The number of nitrogens with zero attached hydrogens (tertiary/aromatic N) is 3. The van der Waals surface area contributed by atoms with Crippen LogP contribution >= 0.6 is 0 Å². The highest BCUT2D eigenvalue weighted by molar-refractivity contribution is 5.98. The Balaban J connectivity index is 2.08. The zero-order valence-electron chi connectivity index (χ0n) is 10.2. The van der Waals surface area contributed by atoms with Crippen LogP contribution in [0, 0.1) is 12.7 Å². The summed E-state index contributed by atoms with van der Waals surface area (Å²) < 4.78 is 20.4. The van der Waals surface area contributed by atoms with Gasteiger partial charge in [-0.25, -0.2) is 14.1 Å². The SMILES string of the molecule is Cc1cn(N=Cc2c(F)ccc3occc23)c(N)n1. The first-order valence-corrected chi connectivity index (χ1v) is 5.66. The van der Waals surface area contributed by atoms with Crippen LogP contribution in [0.5, 0.6) is 0 Å². The molecule has 96 valence electrons. The van der Waals surface area contributed by atoms with E-state index in [0.717, 1.165) is 5.69 Å². The van der Waals surface area contributed by atoms with Crippen molar-refractivity contribution in [2.45, 2.75) is 6.92 Å². The normalized spacial score (nSPS) is 11.7. The van der Waals surface area contributed by atoms with Crippen molar-refractivity contribution < 1.29 is 8.81 Å². The van der Waals surface area contributed by atoms with E-state index in [0.29, 0.717) is 16.5 Å². The fourth-order valence-corrected chi connectivity index (χ4v) is 1.89. The molecule has 0 radical (unpaired) electrons. The molecule has 3 rings (SSSR count). The van der Waals surface area contributed by atoms with Crippen LogP contribution in [0.25, 0.3) is 11.0 Å². The Kier molecular flexibility index (Phi) is 2.56. The Morgan fingerprint density at radius 1 is 1.42 bits per heavy atom. The molecule has 19 heavy (non-hydrogen) atoms. The third-order valence-electron chi connectivity index (χ3n) is 2.77. The molecule has 5 nitrogen and oxygen atoms in total. The maximum atomic E-state index is 13.8. The largest absolute Gasteiger partial charge is 0.464 e. The smallest absolute Gasteiger partial charge is 0.221 e. The number of nitrogens with two attached hydrogens (primary N) is 1. The van der Waals surface area contributed by atoms with Gasteiger partial charge in [-0.2, -0.15) is 5.10 Å². The molecule has 0 amide bonds. The molecule has 1 aromatic carbocycles. The molecule has 0 fully saturated rings. The van der Waals surface area contributed by atoms with Crippen molar-refractivity contribution in [1.29, 1.82) is 0 Å². The van der Waals surface area contributed by atoms with Crippen molar-refractivity contribution in [3.05, 3.63) is 47.7 Å². The molecule has 0 aliphatic carbocycles. The first kappa shape index (κ1) is 11.5. The van der Waals surface area contributed by atoms with Crippen molar-refractivity contribution in [3.8, 4) is 0 Å². The van der Waals surface area contributed by atoms with Gasteiger partial charge in [-0.3, -0.25) is 0 Å². The van der Waals surface area contributed by atoms with Gasteiger partial charge in [-0.15, -0.1) is 0 Å². The summed E-state index contributed by atoms with van der Waals surface area (Å²) in [7, 11) is 0. The van der Waals surface area contributed by atoms with Crippen LogP contribution < -0.4 is 5.73 Å². The number of aryl methyl sites for hydroxylation is 1. The minimum absolute atomic E-state index is 0.258. The molecule has 0 atom stereocenters. The lowest BCUT2D eigenvalue weighted by atomic mass is 10.1. The number of nitrogen functional groups attached to an aromatic ring is 1. The van der Waals surface area contributed by atoms with Crippen LogP contribution in [0.2, 0.25) is 0 Å². The maximum Gasteiger partial charge on any atom is 0.221 e. The van der Waals surface area contributed by atoms with Gasteiger partial charge in [0.25, 0.3) is 0 Å². The summed E-state index contributed by atoms with van der Waals surface area (Å²) >= 11 is 0. The van der Waals surface area contributed by atoms with Crippen molar-refractivity contribution in [2.24, 2.45) is 5.10 Å². The van der Waals surface area contributed by atoms with Gasteiger partial charge in [0.15, 0.2) is 0 Å². The highest BCUT2D eigenvalue weighted by Crippen LogP contribution is 2.21. The van der Waals surface area contributed by atoms with Gasteiger partial charge in [0.05, 0.1) is 24.4 Å². The van der Waals surface area contributed by atoms with Gasteiger partial charge in [-0.1, -0.05) is 0 Å². The lowest BCUT2D eigenvalue weighted by molar-refractivity contribution is 0.609. The summed E-state index contributed by atoms with van der Waals surface area (Å²) in [6.45, 7) is 1.81. The Hall–Kier alpha value is -2.63. The number of benzene rings is 1. The van der Waals surface area contributed by atoms with Gasteiger partial charge in [0.2, 0.25) is 5.95 Å². The summed E-state index contributed by atoms with van der Waals surface area (Å²) in [5, 5.41) is 4.78. The van der Waals surface area contributed by atoms with E-state index in [9.17, 15) is 4.39 Å². The number of halogens is 1. The van der Waals surface area contributed by atoms with Crippen LogP contribution in [0.1, 0.15) is 11.3 Å². The molecule has 0 aliphatic rings. The quantitative estimate of drug-likeness (QED) is 0.718. The molecule has 2 N–H and O–H groups in total. The van der Waals surface area contributed by atoms with E-state index in [1.165, 1.54) is 23.2 Å². The lowest BCUT2D eigenvalue weighted by Gasteiger charge is -1.99. The van der Waals surface area contributed by atoms with Gasteiger partial charge in [0.1, 0.15) is 11.4 Å². The van der Waals surface area contributed by atoms with Crippen molar-refractivity contribution in [3.63, 3.8) is 0 Å². The van der Waals surface area contributed by atoms with E-state index in [2.05, 4.69) is 10.1 Å². The van der Waals surface area contributed by atoms with Crippen LogP contribution in [0.3, 0.4) is 0 Å². The van der Waals surface area contributed by atoms with Crippen molar-refractivity contribution in [1.82, 2.24) is 9.66 Å². The van der Waals surface area contributed by atoms with E-state index >= 15 is 0 Å². The highest BCUT2D eigenvalue weighted by Gasteiger charge is 2.08. The number of aromatic nitrogens is 2. The molecule has 0 saturated heterocycles. The second kappa shape index (κ2) is 4.24. The van der Waals surface area contributed by atoms with Gasteiger partial charge in [0, 0.05) is 10.9 Å². The summed E-state index contributed by atoms with van der Waals surface area (Å²) in [4.78, 5) is 4.01. The van der Waals surface area contributed by atoms with E-state index in [4.69, 9.17) is 10.2 Å². The van der Waals surface area contributed by atoms with Crippen LogP contribution in [-0.4, -0.2) is 15.9 Å². The minimum atomic E-state index is -0.368. The van der Waals surface area contributed by atoms with Gasteiger partial charge >= 0.3 is 0 Å². The summed E-state index contributed by atoms with van der Waals surface area (Å²) in [6.07, 6.45) is 4.58. The van der Waals surface area contributed by atoms with Crippen molar-refractivity contribution in [2.75, 3.05) is 5.73 Å². The third kappa shape index (κ3) is 1.97. The zero-order valence-corrected chi connectivity index (χ0v) is 10.2. The number of hydrogen-bond acceptors (Lipinski definition) is 4. The molecular weight excluding hydrogens is 247 g/mol. The Labute approximate surface area is 108 Å². The monoisotopic (exact) mass is 258 g/mol. The van der Waals surface area contributed by atoms with E-state index in [-0.39, 0.29) is 11.8 Å². The minimum Gasteiger partial charge on any atom is -0.464 e. The van der Waals surface area contributed by atoms with E-state index in [1.54, 1.807) is 25.3 Å². The molecular formula is C13H11FN4O. The second-order valence-electron chi connectivity index (χ2n) is 4.12. The molecule has 0 aliphatic heterocycles. The fraction of sp³-hybridized carbons (Fsp3) is 0.0769. The predicted molar refractivity (Wildman–Crippen MR) is 70.5 cm³/mol. The number of imidazole rings is 1. The van der Waals surface area contributed by atoms with E-state index < -0.39 is 0 Å². The molecule has 0 unspecified atom stereocenters. The standard InChI is InChI=1S/C13H11FN4O/c1-8-7-18(13(15)17-8)16-6-10-9-4-5-19-12(9)3-2-11(10)14/h2-7H,1H3,(H2,15,17). The maximum absolute atomic E-state index is 13.8. The highest BCUT2D eigenvalue weighted by atomic mass is 19.1. The molecule has 2 aromatic heterocycles. The Morgan fingerprint density at radius 3 is 3.00 bits per heavy atom. The lowest BCUT2D eigenvalue weighted by Crippen LogP contribution is -1.98. The van der Waals surface area contributed by atoms with Crippen LogP contribution in [0.4, 0.5) is 10.3 Å². The number of rotatable bonds is 2. The average Bonchev–Trinajstić information content (AvgIpc) is 2.95. The number of anilines is 1. The predicted octanol–water partition coefficient (Wildman–Crippen LogP) is 2.54. The Bertz CT molecular complexity index is 772. The Morgan fingerprint density at radius 2 is 2.26 bits per heavy atom. The molecule has 2 heterocycles. The molecule has 0 spiro atoms. The number of fused-ring (bicyclic) bond motifs is 1. The second-order valence-corrected chi connectivity index (χ2v) is 4.12. The number of furan rings is 1. The fourth-order valence-electron chi connectivity index (χ4n) is 1.89. The first-order valence-electron chi connectivity index (χ1n) is 5.66. The summed E-state index contributed by atoms with van der Waals surface area (Å²) in [6, 6.07) is 4.62. The first-order chi connectivity index (χ1) is 9.15. The molecule has 6 heteroatoms. The summed E-state index contributed by atoms with van der Waals surface area (Å²) in [5.41, 5.74) is 7.38.